The van der Waals surface area contributed by atoms with Crippen LogP contribution in [0.4, 0.5) is 4.79 Å². The first-order valence-electron chi connectivity index (χ1n) is 8.80. The molecule has 4 nitrogen and oxygen atoms in total. The molecular weight excluding hydrogens is 430 g/mol. The van der Waals surface area contributed by atoms with E-state index in [2.05, 4.69) is 15.9 Å². The Bertz CT molecular complexity index is 759. The van der Waals surface area contributed by atoms with E-state index in [0.717, 1.165) is 10.0 Å². The van der Waals surface area contributed by atoms with Gasteiger partial charge in [-0.15, -0.1) is 0 Å². The zero-order chi connectivity index (χ0) is 20.0. The normalized spacial score (nSPS) is 12.5. The predicted molar refractivity (Wildman–Crippen MR) is 112 cm³/mol. The summed E-state index contributed by atoms with van der Waals surface area (Å²) in [7, 11) is 0. The maximum atomic E-state index is 12.6. The highest BCUT2D eigenvalue weighted by Crippen LogP contribution is 2.20. The maximum absolute atomic E-state index is 12.6. The van der Waals surface area contributed by atoms with Gasteiger partial charge in [-0.25, -0.2) is 4.79 Å². The van der Waals surface area contributed by atoms with Crippen LogP contribution in [0.1, 0.15) is 38.0 Å². The Morgan fingerprint density at radius 1 is 1.22 bits per heavy atom. The Labute approximate surface area is 174 Å². The lowest BCUT2D eigenvalue weighted by Crippen LogP contribution is -2.40. The molecule has 2 aromatic rings. The Balaban J connectivity index is 2.10. The fraction of sp³-hybridized carbons (Fsp3) is 0.381. The Morgan fingerprint density at radius 3 is 2.48 bits per heavy atom. The number of halogens is 2. The summed E-state index contributed by atoms with van der Waals surface area (Å²) in [5, 5.41) is 11.1. The van der Waals surface area contributed by atoms with E-state index in [1.807, 2.05) is 45.0 Å². The topological polar surface area (TPSA) is 49.8 Å². The molecule has 0 unspecified atom stereocenters. The minimum absolute atomic E-state index is 0.131. The molecule has 1 atom stereocenters. The van der Waals surface area contributed by atoms with Gasteiger partial charge in [0.15, 0.2) is 0 Å². The van der Waals surface area contributed by atoms with Gasteiger partial charge in [0, 0.05) is 16.0 Å². The number of ether oxygens (including phenoxy) is 1. The number of rotatable bonds is 6. The van der Waals surface area contributed by atoms with E-state index >= 15 is 0 Å². The standard InChI is InChI=1S/C21H25BrClNO3/c1-21(2,3)27-20(26)24(12-11-15-7-9-17(22)10-8-15)14-19(25)16-5-4-6-18(23)13-16/h4-10,13,19,25H,11-12,14H2,1-3H3/t19-/m1/s1. The van der Waals surface area contributed by atoms with Crippen molar-refractivity contribution >= 4 is 33.6 Å². The molecule has 146 valence electrons. The van der Waals surface area contributed by atoms with Gasteiger partial charge >= 0.3 is 6.09 Å². The fourth-order valence-electron chi connectivity index (χ4n) is 2.53. The third kappa shape index (κ3) is 7.53. The Kier molecular flexibility index (Phi) is 7.71. The van der Waals surface area contributed by atoms with E-state index in [0.29, 0.717) is 23.6 Å². The maximum Gasteiger partial charge on any atom is 0.410 e. The van der Waals surface area contributed by atoms with Crippen molar-refractivity contribution in [2.75, 3.05) is 13.1 Å². The van der Waals surface area contributed by atoms with Crippen molar-refractivity contribution < 1.29 is 14.6 Å². The molecule has 0 bridgehead atoms. The van der Waals surface area contributed by atoms with Gasteiger partial charge in [0.1, 0.15) is 5.60 Å². The van der Waals surface area contributed by atoms with Gasteiger partial charge in [-0.1, -0.05) is 51.8 Å². The number of nitrogens with zero attached hydrogens (tertiary/aromatic N) is 1. The lowest BCUT2D eigenvalue weighted by atomic mass is 10.1. The number of carbonyl (C=O) groups is 1. The minimum atomic E-state index is -0.846. The van der Waals surface area contributed by atoms with Crippen LogP contribution in [0.15, 0.2) is 53.0 Å². The van der Waals surface area contributed by atoms with Crippen LogP contribution in [-0.2, 0) is 11.2 Å². The molecule has 0 fully saturated rings. The summed E-state index contributed by atoms with van der Waals surface area (Å²) < 4.78 is 6.52. The van der Waals surface area contributed by atoms with E-state index < -0.39 is 17.8 Å². The van der Waals surface area contributed by atoms with Gasteiger partial charge < -0.3 is 14.7 Å². The molecular formula is C21H25BrClNO3. The van der Waals surface area contributed by atoms with Crippen LogP contribution in [0.25, 0.3) is 0 Å². The molecule has 0 saturated heterocycles. The Hall–Kier alpha value is -1.56. The van der Waals surface area contributed by atoms with Crippen molar-refractivity contribution in [3.05, 3.63) is 69.2 Å². The summed E-state index contributed by atoms with van der Waals surface area (Å²) in [6.45, 7) is 6.04. The van der Waals surface area contributed by atoms with Crippen LogP contribution in [0, 0.1) is 0 Å². The number of aliphatic hydroxyl groups is 1. The molecule has 6 heteroatoms. The number of carbonyl (C=O) groups excluding carboxylic acids is 1. The summed E-state index contributed by atoms with van der Waals surface area (Å²) in [5.74, 6) is 0. The first kappa shape index (κ1) is 21.7. The molecule has 0 radical (unpaired) electrons. The van der Waals surface area contributed by atoms with Crippen LogP contribution in [0.5, 0.6) is 0 Å². The lowest BCUT2D eigenvalue weighted by molar-refractivity contribution is 0.0147. The van der Waals surface area contributed by atoms with Crippen molar-refractivity contribution in [3.8, 4) is 0 Å². The summed E-state index contributed by atoms with van der Waals surface area (Å²) in [6.07, 6.45) is -0.628. The second-order valence-electron chi connectivity index (χ2n) is 7.37. The summed E-state index contributed by atoms with van der Waals surface area (Å²) in [4.78, 5) is 14.2. The van der Waals surface area contributed by atoms with Crippen LogP contribution in [0.2, 0.25) is 5.02 Å². The Morgan fingerprint density at radius 2 is 1.89 bits per heavy atom. The fourth-order valence-corrected chi connectivity index (χ4v) is 2.99. The van der Waals surface area contributed by atoms with Crippen LogP contribution >= 0.6 is 27.5 Å². The van der Waals surface area contributed by atoms with Crippen LogP contribution < -0.4 is 0 Å². The third-order valence-electron chi connectivity index (χ3n) is 3.86. The van der Waals surface area contributed by atoms with Gasteiger partial charge in [0.05, 0.1) is 12.6 Å². The minimum Gasteiger partial charge on any atom is -0.444 e. The van der Waals surface area contributed by atoms with Gasteiger partial charge in [-0.05, 0) is 62.6 Å². The molecule has 1 N–H and O–H groups in total. The van der Waals surface area contributed by atoms with Gasteiger partial charge in [-0.3, -0.25) is 0 Å². The monoisotopic (exact) mass is 453 g/mol. The molecule has 0 spiro atoms. The molecule has 0 heterocycles. The molecule has 0 saturated carbocycles. The van der Waals surface area contributed by atoms with Gasteiger partial charge in [0.2, 0.25) is 0 Å². The number of amides is 1. The molecule has 27 heavy (non-hydrogen) atoms. The van der Waals surface area contributed by atoms with Crippen molar-refractivity contribution in [2.45, 2.75) is 38.9 Å². The number of benzene rings is 2. The summed E-state index contributed by atoms with van der Waals surface area (Å²) in [6, 6.07) is 15.0. The molecule has 0 aliphatic carbocycles. The average Bonchev–Trinajstić information content (AvgIpc) is 2.58. The summed E-state index contributed by atoms with van der Waals surface area (Å²) in [5.41, 5.74) is 1.16. The third-order valence-corrected chi connectivity index (χ3v) is 4.63. The van der Waals surface area contributed by atoms with Crippen LogP contribution in [0.3, 0.4) is 0 Å². The highest BCUT2D eigenvalue weighted by Gasteiger charge is 2.24. The van der Waals surface area contributed by atoms with E-state index in [1.54, 1.807) is 29.2 Å². The first-order chi connectivity index (χ1) is 12.6. The zero-order valence-corrected chi connectivity index (χ0v) is 18.1. The van der Waals surface area contributed by atoms with Gasteiger partial charge in [0.25, 0.3) is 0 Å². The number of aliphatic hydroxyl groups excluding tert-OH is 1. The highest BCUT2D eigenvalue weighted by atomic mass is 79.9. The number of hydrogen-bond donors (Lipinski definition) is 1. The molecule has 2 aromatic carbocycles. The van der Waals surface area contributed by atoms with Crippen molar-refractivity contribution in [1.29, 1.82) is 0 Å². The SMILES string of the molecule is CC(C)(C)OC(=O)N(CCc1ccc(Br)cc1)C[C@@H](O)c1cccc(Cl)c1. The largest absolute Gasteiger partial charge is 0.444 e. The van der Waals surface area contributed by atoms with E-state index in [4.69, 9.17) is 16.3 Å². The smallest absolute Gasteiger partial charge is 0.410 e. The van der Waals surface area contributed by atoms with E-state index in [-0.39, 0.29) is 6.54 Å². The van der Waals surface area contributed by atoms with Crippen LogP contribution in [-0.4, -0.2) is 34.8 Å². The van der Waals surface area contributed by atoms with Crippen molar-refractivity contribution in [2.24, 2.45) is 0 Å². The molecule has 2 rings (SSSR count). The van der Waals surface area contributed by atoms with Crippen molar-refractivity contribution in [1.82, 2.24) is 4.90 Å². The van der Waals surface area contributed by atoms with E-state index in [1.165, 1.54) is 0 Å². The second-order valence-corrected chi connectivity index (χ2v) is 8.73. The van der Waals surface area contributed by atoms with E-state index in [9.17, 15) is 9.90 Å². The molecule has 1 amide bonds. The molecule has 0 aliphatic heterocycles. The van der Waals surface area contributed by atoms with Gasteiger partial charge in [-0.2, -0.15) is 0 Å². The second kappa shape index (κ2) is 9.58. The van der Waals surface area contributed by atoms with Crippen molar-refractivity contribution in [3.63, 3.8) is 0 Å². The zero-order valence-electron chi connectivity index (χ0n) is 15.8. The quantitative estimate of drug-likeness (QED) is 0.616. The molecule has 0 aliphatic rings. The number of hydrogen-bond acceptors (Lipinski definition) is 3. The summed E-state index contributed by atoms with van der Waals surface area (Å²) >= 11 is 9.43. The highest BCUT2D eigenvalue weighted by molar-refractivity contribution is 9.10. The first-order valence-corrected chi connectivity index (χ1v) is 9.97. The lowest BCUT2D eigenvalue weighted by Gasteiger charge is -2.29. The average molecular weight is 455 g/mol. The predicted octanol–water partition coefficient (Wildman–Crippen LogP) is 5.62. The molecule has 0 aromatic heterocycles.